The Morgan fingerprint density at radius 1 is 1.17 bits per heavy atom. The van der Waals surface area contributed by atoms with Gasteiger partial charge >= 0.3 is 5.69 Å². The zero-order valence-electron chi connectivity index (χ0n) is 15.8. The van der Waals surface area contributed by atoms with Crippen LogP contribution in [0.15, 0.2) is 36.4 Å². The van der Waals surface area contributed by atoms with Crippen molar-refractivity contribution < 1.29 is 28.4 Å². The molecule has 1 N–H and O–H groups in total. The van der Waals surface area contributed by atoms with Crippen molar-refractivity contribution >= 4 is 28.9 Å². The molecule has 1 saturated heterocycles. The van der Waals surface area contributed by atoms with Gasteiger partial charge in [-0.2, -0.15) is 4.39 Å². The van der Waals surface area contributed by atoms with Crippen LogP contribution in [0.5, 0.6) is 11.5 Å². The van der Waals surface area contributed by atoms with Crippen LogP contribution in [-0.2, 0) is 9.59 Å². The number of halogens is 1. The molecule has 0 aromatic heterocycles. The Bertz CT molecular complexity index is 1030. The third kappa shape index (κ3) is 3.88. The van der Waals surface area contributed by atoms with Crippen molar-refractivity contribution in [2.45, 2.75) is 12.8 Å². The third-order valence-corrected chi connectivity index (χ3v) is 4.95. The van der Waals surface area contributed by atoms with Gasteiger partial charge in [0.05, 0.1) is 29.7 Å². The second-order valence-corrected chi connectivity index (χ2v) is 7.00. The summed E-state index contributed by atoms with van der Waals surface area (Å²) in [7, 11) is 0. The molecule has 2 amide bonds. The summed E-state index contributed by atoms with van der Waals surface area (Å²) in [5.74, 6) is -1.23. The Morgan fingerprint density at radius 3 is 2.70 bits per heavy atom. The fourth-order valence-electron chi connectivity index (χ4n) is 3.43. The first-order valence-electron chi connectivity index (χ1n) is 9.37. The summed E-state index contributed by atoms with van der Waals surface area (Å²) < 4.78 is 24.7. The van der Waals surface area contributed by atoms with Gasteiger partial charge < -0.3 is 19.7 Å². The van der Waals surface area contributed by atoms with Crippen molar-refractivity contribution in [2.75, 3.05) is 30.0 Å². The molecule has 1 fully saturated rings. The maximum atomic E-state index is 13.6. The zero-order valence-corrected chi connectivity index (χ0v) is 15.8. The highest BCUT2D eigenvalue weighted by molar-refractivity contribution is 6.03. The molecule has 10 heteroatoms. The zero-order chi connectivity index (χ0) is 21.3. The molecule has 2 aromatic rings. The molecule has 2 aliphatic rings. The fourth-order valence-corrected chi connectivity index (χ4v) is 3.43. The topological polar surface area (TPSA) is 111 Å². The van der Waals surface area contributed by atoms with E-state index in [9.17, 15) is 24.1 Å². The Morgan fingerprint density at radius 2 is 1.93 bits per heavy atom. The summed E-state index contributed by atoms with van der Waals surface area (Å²) in [4.78, 5) is 36.4. The van der Waals surface area contributed by atoms with Crippen LogP contribution in [0, 0.1) is 21.8 Å². The lowest BCUT2D eigenvalue weighted by atomic mass is 10.1. The first-order valence-corrected chi connectivity index (χ1v) is 9.37. The van der Waals surface area contributed by atoms with Gasteiger partial charge in [-0.3, -0.25) is 19.7 Å². The van der Waals surface area contributed by atoms with E-state index in [-0.39, 0.29) is 30.5 Å². The number of ether oxygens (including phenoxy) is 2. The lowest BCUT2D eigenvalue weighted by molar-refractivity contribution is -0.387. The van der Waals surface area contributed by atoms with Crippen LogP contribution in [0.3, 0.4) is 0 Å². The van der Waals surface area contributed by atoms with Crippen molar-refractivity contribution in [1.29, 1.82) is 0 Å². The van der Waals surface area contributed by atoms with Gasteiger partial charge in [0.25, 0.3) is 0 Å². The van der Waals surface area contributed by atoms with Crippen LogP contribution in [0.4, 0.5) is 21.5 Å². The van der Waals surface area contributed by atoms with Crippen LogP contribution >= 0.6 is 0 Å². The molecule has 156 valence electrons. The Balaban J connectivity index is 1.46. The maximum Gasteiger partial charge on any atom is 0.306 e. The van der Waals surface area contributed by atoms with E-state index >= 15 is 0 Å². The number of carbonyl (C=O) groups excluding carboxylic acids is 2. The molecule has 9 nitrogen and oxygen atoms in total. The largest absolute Gasteiger partial charge is 0.490 e. The minimum atomic E-state index is -0.987. The lowest BCUT2D eigenvalue weighted by Gasteiger charge is -2.17. The number of nitro groups is 1. The Hall–Kier alpha value is -3.69. The molecule has 0 aliphatic carbocycles. The number of hydrogen-bond donors (Lipinski definition) is 1. The van der Waals surface area contributed by atoms with Gasteiger partial charge in [-0.25, -0.2) is 0 Å². The molecule has 0 spiro atoms. The molecule has 0 saturated carbocycles. The van der Waals surface area contributed by atoms with Crippen LogP contribution in [0.25, 0.3) is 0 Å². The fraction of sp³-hybridized carbons (Fsp3) is 0.300. The lowest BCUT2D eigenvalue weighted by Crippen LogP contribution is -2.28. The van der Waals surface area contributed by atoms with Crippen molar-refractivity contribution in [3.8, 4) is 11.5 Å². The summed E-state index contributed by atoms with van der Waals surface area (Å²) in [5, 5.41) is 13.7. The van der Waals surface area contributed by atoms with E-state index < -0.39 is 22.3 Å². The van der Waals surface area contributed by atoms with Crippen molar-refractivity contribution in [1.82, 2.24) is 0 Å². The molecule has 1 atom stereocenters. The average Bonchev–Trinajstić information content (AvgIpc) is 2.95. The van der Waals surface area contributed by atoms with E-state index in [0.717, 1.165) is 18.6 Å². The van der Waals surface area contributed by atoms with Crippen molar-refractivity contribution in [3.05, 3.63) is 52.3 Å². The SMILES string of the molecule is O=C(Nc1ccc2c(c1)OCCCO2)C1CC(=O)N(c2ccc(F)c([N+](=O)[O-])c2)C1. The number of benzene rings is 2. The molecule has 2 heterocycles. The highest BCUT2D eigenvalue weighted by atomic mass is 19.1. The first-order chi connectivity index (χ1) is 14.4. The van der Waals surface area contributed by atoms with Crippen LogP contribution < -0.4 is 19.7 Å². The summed E-state index contributed by atoms with van der Waals surface area (Å²) in [6.45, 7) is 1.11. The second-order valence-electron chi connectivity index (χ2n) is 7.00. The molecule has 4 rings (SSSR count). The van der Waals surface area contributed by atoms with Gasteiger partial charge in [-0.15, -0.1) is 0 Å². The van der Waals surface area contributed by atoms with Crippen LogP contribution in [0.2, 0.25) is 0 Å². The normalized spacial score (nSPS) is 18.1. The second kappa shape index (κ2) is 7.97. The molecular formula is C20H18FN3O6. The number of hydrogen-bond acceptors (Lipinski definition) is 6. The molecule has 0 bridgehead atoms. The number of nitro benzene ring substituents is 1. The number of fused-ring (bicyclic) bond motifs is 1. The predicted molar refractivity (Wildman–Crippen MR) is 104 cm³/mol. The maximum absolute atomic E-state index is 13.6. The van der Waals surface area contributed by atoms with E-state index in [1.807, 2.05) is 0 Å². The molecule has 0 radical (unpaired) electrons. The van der Waals surface area contributed by atoms with Gasteiger partial charge in [0.1, 0.15) is 0 Å². The van der Waals surface area contributed by atoms with Crippen LogP contribution in [0.1, 0.15) is 12.8 Å². The van der Waals surface area contributed by atoms with Crippen molar-refractivity contribution in [2.24, 2.45) is 5.92 Å². The summed E-state index contributed by atoms with van der Waals surface area (Å²) in [6.07, 6.45) is 0.708. The monoisotopic (exact) mass is 415 g/mol. The quantitative estimate of drug-likeness (QED) is 0.607. The molecule has 2 aromatic carbocycles. The van der Waals surface area contributed by atoms with Gasteiger partial charge in [0, 0.05) is 37.2 Å². The van der Waals surface area contributed by atoms with Gasteiger partial charge in [0.15, 0.2) is 11.5 Å². The van der Waals surface area contributed by atoms with E-state index in [1.165, 1.54) is 11.0 Å². The summed E-state index contributed by atoms with van der Waals surface area (Å²) >= 11 is 0. The third-order valence-electron chi connectivity index (χ3n) is 4.95. The summed E-state index contributed by atoms with van der Waals surface area (Å²) in [5.41, 5.74) is -0.0352. The average molecular weight is 415 g/mol. The summed E-state index contributed by atoms with van der Waals surface area (Å²) in [6, 6.07) is 8.27. The van der Waals surface area contributed by atoms with Gasteiger partial charge in [0.2, 0.25) is 17.6 Å². The number of anilines is 2. The van der Waals surface area contributed by atoms with E-state index in [4.69, 9.17) is 9.47 Å². The number of nitrogens with zero attached hydrogens (tertiary/aromatic N) is 2. The van der Waals surface area contributed by atoms with E-state index in [2.05, 4.69) is 5.32 Å². The molecule has 1 unspecified atom stereocenters. The molecule has 2 aliphatic heterocycles. The minimum Gasteiger partial charge on any atom is -0.490 e. The number of amides is 2. The number of carbonyl (C=O) groups is 2. The van der Waals surface area contributed by atoms with E-state index in [1.54, 1.807) is 18.2 Å². The number of rotatable bonds is 4. The Labute approximate surface area is 170 Å². The standard InChI is InChI=1S/C20H18FN3O6/c21-15-4-3-14(10-16(15)24(27)28)23-11-12(8-19(23)25)20(26)22-13-2-5-17-18(9-13)30-7-1-6-29-17/h2-5,9-10,12H,1,6-8,11H2,(H,22,26). The minimum absolute atomic E-state index is 0.0397. The Kier molecular flexibility index (Phi) is 5.21. The van der Waals surface area contributed by atoms with Crippen molar-refractivity contribution in [3.63, 3.8) is 0 Å². The number of nitrogens with one attached hydrogen (secondary N) is 1. The first kappa shape index (κ1) is 19.6. The van der Waals surface area contributed by atoms with Crippen LogP contribution in [-0.4, -0.2) is 36.5 Å². The molecule has 30 heavy (non-hydrogen) atoms. The predicted octanol–water partition coefficient (Wildman–Crippen LogP) is 2.89. The van der Waals surface area contributed by atoms with Gasteiger partial charge in [-0.1, -0.05) is 0 Å². The molecular weight excluding hydrogens is 397 g/mol. The van der Waals surface area contributed by atoms with Gasteiger partial charge in [-0.05, 0) is 24.3 Å². The van der Waals surface area contributed by atoms with E-state index in [0.29, 0.717) is 30.4 Å². The smallest absolute Gasteiger partial charge is 0.306 e. The highest BCUT2D eigenvalue weighted by Crippen LogP contribution is 2.33. The highest BCUT2D eigenvalue weighted by Gasteiger charge is 2.36.